The normalized spacial score (nSPS) is 15.0. The number of carbonyl (C=O) groups is 2. The molecule has 102 valence electrons. The van der Waals surface area contributed by atoms with Crippen LogP contribution in [0.4, 0.5) is 0 Å². The van der Waals surface area contributed by atoms with Crippen molar-refractivity contribution >= 4 is 11.8 Å². The fourth-order valence-electron chi connectivity index (χ4n) is 2.26. The number of carbonyl (C=O) groups excluding carboxylic acids is 2. The fourth-order valence-corrected chi connectivity index (χ4v) is 2.26. The largest absolute Gasteiger partial charge is 0.330 e. The molecule has 2 amide bonds. The maximum Gasteiger partial charge on any atom is 0.261 e. The molecule has 2 N–H and O–H groups in total. The summed E-state index contributed by atoms with van der Waals surface area (Å²) < 4.78 is 0. The molecule has 4 heteroatoms. The lowest BCUT2D eigenvalue weighted by Gasteiger charge is -2.23. The highest BCUT2D eigenvalue weighted by atomic mass is 16.2. The van der Waals surface area contributed by atoms with Gasteiger partial charge in [-0.05, 0) is 36.9 Å². The SMILES string of the molecule is CC(C)(CN)CCCN1C(=O)c2ccccc2C1=O. The van der Waals surface area contributed by atoms with Gasteiger partial charge in [0.1, 0.15) is 0 Å². The number of hydrogen-bond donors (Lipinski definition) is 1. The van der Waals surface area contributed by atoms with E-state index in [0.717, 1.165) is 12.8 Å². The Kier molecular flexibility index (Phi) is 3.71. The van der Waals surface area contributed by atoms with E-state index < -0.39 is 0 Å². The minimum Gasteiger partial charge on any atom is -0.330 e. The number of fused-ring (bicyclic) bond motifs is 1. The number of imide groups is 1. The lowest BCUT2D eigenvalue weighted by Crippen LogP contribution is -2.32. The van der Waals surface area contributed by atoms with Gasteiger partial charge in [0.2, 0.25) is 0 Å². The molecule has 0 spiro atoms. The van der Waals surface area contributed by atoms with E-state index in [1.54, 1.807) is 24.3 Å². The van der Waals surface area contributed by atoms with E-state index in [0.29, 0.717) is 24.2 Å². The minimum atomic E-state index is -0.175. The first-order valence-corrected chi connectivity index (χ1v) is 6.61. The van der Waals surface area contributed by atoms with Gasteiger partial charge in [0.05, 0.1) is 11.1 Å². The van der Waals surface area contributed by atoms with Crippen molar-refractivity contribution in [2.75, 3.05) is 13.1 Å². The zero-order valence-electron chi connectivity index (χ0n) is 11.5. The second-order valence-electron chi connectivity index (χ2n) is 5.78. The Hall–Kier alpha value is -1.68. The van der Waals surface area contributed by atoms with E-state index in [1.807, 2.05) is 0 Å². The zero-order chi connectivity index (χ0) is 14.0. The van der Waals surface area contributed by atoms with Crippen LogP contribution in [0.1, 0.15) is 47.4 Å². The third-order valence-corrected chi connectivity index (χ3v) is 3.67. The summed E-state index contributed by atoms with van der Waals surface area (Å²) in [5, 5.41) is 0. The van der Waals surface area contributed by atoms with E-state index in [-0.39, 0.29) is 17.2 Å². The van der Waals surface area contributed by atoms with Crippen LogP contribution < -0.4 is 5.73 Å². The number of nitrogens with two attached hydrogens (primary N) is 1. The highest BCUT2D eigenvalue weighted by molar-refractivity contribution is 6.21. The molecule has 1 heterocycles. The first-order chi connectivity index (χ1) is 8.96. The van der Waals surface area contributed by atoms with Gasteiger partial charge in [0.15, 0.2) is 0 Å². The summed E-state index contributed by atoms with van der Waals surface area (Å²) in [4.78, 5) is 25.6. The van der Waals surface area contributed by atoms with Crippen LogP contribution in [-0.4, -0.2) is 29.8 Å². The predicted octanol–water partition coefficient (Wildman–Crippen LogP) is 2.05. The molecule has 1 aliphatic heterocycles. The van der Waals surface area contributed by atoms with Crippen LogP contribution in [-0.2, 0) is 0 Å². The lowest BCUT2D eigenvalue weighted by molar-refractivity contribution is 0.0647. The van der Waals surface area contributed by atoms with Crippen LogP contribution in [0.3, 0.4) is 0 Å². The fraction of sp³-hybridized carbons (Fsp3) is 0.467. The maximum absolute atomic E-state index is 12.1. The van der Waals surface area contributed by atoms with Crippen LogP contribution >= 0.6 is 0 Å². The van der Waals surface area contributed by atoms with Gasteiger partial charge in [-0.3, -0.25) is 14.5 Å². The highest BCUT2D eigenvalue weighted by Gasteiger charge is 2.34. The van der Waals surface area contributed by atoms with Crippen molar-refractivity contribution in [2.45, 2.75) is 26.7 Å². The average molecular weight is 260 g/mol. The average Bonchev–Trinajstić information content (AvgIpc) is 2.64. The smallest absolute Gasteiger partial charge is 0.261 e. The molecule has 19 heavy (non-hydrogen) atoms. The first kappa shape index (κ1) is 13.7. The summed E-state index contributed by atoms with van der Waals surface area (Å²) in [5.41, 5.74) is 6.77. The molecule has 0 saturated heterocycles. The number of benzene rings is 1. The van der Waals surface area contributed by atoms with Crippen molar-refractivity contribution in [1.29, 1.82) is 0 Å². The Labute approximate surface area is 113 Å². The Morgan fingerprint density at radius 3 is 2.11 bits per heavy atom. The molecule has 2 rings (SSSR count). The van der Waals surface area contributed by atoms with Crippen molar-refractivity contribution in [3.8, 4) is 0 Å². The topological polar surface area (TPSA) is 63.4 Å². The molecule has 0 radical (unpaired) electrons. The van der Waals surface area contributed by atoms with Gasteiger partial charge in [-0.1, -0.05) is 26.0 Å². The summed E-state index contributed by atoms with van der Waals surface area (Å²) in [5.74, 6) is -0.350. The second kappa shape index (κ2) is 5.13. The molecule has 0 aromatic heterocycles. The molecule has 0 bridgehead atoms. The molecule has 0 aliphatic carbocycles. The molecule has 0 fully saturated rings. The van der Waals surface area contributed by atoms with Crippen LogP contribution in [0.15, 0.2) is 24.3 Å². The predicted molar refractivity (Wildman–Crippen MR) is 73.9 cm³/mol. The van der Waals surface area contributed by atoms with Gasteiger partial charge in [-0.2, -0.15) is 0 Å². The van der Waals surface area contributed by atoms with E-state index in [4.69, 9.17) is 5.73 Å². The monoisotopic (exact) mass is 260 g/mol. The van der Waals surface area contributed by atoms with Crippen molar-refractivity contribution in [3.05, 3.63) is 35.4 Å². The third kappa shape index (κ3) is 2.68. The quantitative estimate of drug-likeness (QED) is 0.824. The Morgan fingerprint density at radius 2 is 1.63 bits per heavy atom. The van der Waals surface area contributed by atoms with Crippen molar-refractivity contribution in [1.82, 2.24) is 4.90 Å². The van der Waals surface area contributed by atoms with Gasteiger partial charge >= 0.3 is 0 Å². The van der Waals surface area contributed by atoms with Gasteiger partial charge in [0.25, 0.3) is 11.8 Å². The molecule has 0 atom stereocenters. The first-order valence-electron chi connectivity index (χ1n) is 6.61. The van der Waals surface area contributed by atoms with Crippen LogP contribution in [0.5, 0.6) is 0 Å². The van der Waals surface area contributed by atoms with Crippen molar-refractivity contribution < 1.29 is 9.59 Å². The molecular formula is C15H20N2O2. The minimum absolute atomic E-state index is 0.0542. The summed E-state index contributed by atoms with van der Waals surface area (Å²) in [7, 11) is 0. The molecule has 1 aromatic carbocycles. The van der Waals surface area contributed by atoms with E-state index in [2.05, 4.69) is 13.8 Å². The van der Waals surface area contributed by atoms with Crippen LogP contribution in [0.2, 0.25) is 0 Å². The van der Waals surface area contributed by atoms with Gasteiger partial charge < -0.3 is 5.73 Å². The highest BCUT2D eigenvalue weighted by Crippen LogP contribution is 2.25. The Balaban J connectivity index is 2.01. The van der Waals surface area contributed by atoms with Crippen molar-refractivity contribution in [2.24, 2.45) is 11.1 Å². The van der Waals surface area contributed by atoms with Crippen molar-refractivity contribution in [3.63, 3.8) is 0 Å². The Bertz CT molecular complexity index is 474. The van der Waals surface area contributed by atoms with Crippen LogP contribution in [0.25, 0.3) is 0 Å². The summed E-state index contributed by atoms with van der Waals surface area (Å²) in [6.45, 7) is 5.26. The summed E-state index contributed by atoms with van der Waals surface area (Å²) >= 11 is 0. The number of hydrogen-bond acceptors (Lipinski definition) is 3. The number of amides is 2. The summed E-state index contributed by atoms with van der Waals surface area (Å²) in [6, 6.07) is 6.98. The van der Waals surface area contributed by atoms with Gasteiger partial charge in [-0.25, -0.2) is 0 Å². The van der Waals surface area contributed by atoms with Gasteiger partial charge in [0, 0.05) is 6.54 Å². The van der Waals surface area contributed by atoms with Gasteiger partial charge in [-0.15, -0.1) is 0 Å². The van der Waals surface area contributed by atoms with E-state index in [9.17, 15) is 9.59 Å². The zero-order valence-corrected chi connectivity index (χ0v) is 11.5. The van der Waals surface area contributed by atoms with Crippen LogP contribution in [0, 0.1) is 5.41 Å². The van der Waals surface area contributed by atoms with E-state index in [1.165, 1.54) is 4.90 Å². The Morgan fingerprint density at radius 1 is 1.11 bits per heavy atom. The molecule has 4 nitrogen and oxygen atoms in total. The number of rotatable bonds is 5. The molecular weight excluding hydrogens is 240 g/mol. The van der Waals surface area contributed by atoms with E-state index >= 15 is 0 Å². The summed E-state index contributed by atoms with van der Waals surface area (Å²) in [6.07, 6.45) is 1.69. The molecule has 0 unspecified atom stereocenters. The molecule has 1 aromatic rings. The number of nitrogens with zero attached hydrogens (tertiary/aromatic N) is 1. The lowest BCUT2D eigenvalue weighted by atomic mass is 9.88. The standard InChI is InChI=1S/C15H20N2O2/c1-15(2,10-16)8-5-9-17-13(18)11-6-3-4-7-12(11)14(17)19/h3-4,6-7H,5,8-10,16H2,1-2H3. The maximum atomic E-state index is 12.1. The second-order valence-corrected chi connectivity index (χ2v) is 5.78. The molecule has 0 saturated carbocycles. The molecule has 1 aliphatic rings. The third-order valence-electron chi connectivity index (χ3n) is 3.67.